The molecule has 72 valence electrons. The lowest BCUT2D eigenvalue weighted by molar-refractivity contribution is 0.399. The van der Waals surface area contributed by atoms with Crippen LogP contribution in [0, 0.1) is 0 Å². The van der Waals surface area contributed by atoms with E-state index in [2.05, 4.69) is 37.8 Å². The van der Waals surface area contributed by atoms with E-state index < -0.39 is 0 Å². The number of rotatable bonds is 3. The van der Waals surface area contributed by atoms with Crippen molar-refractivity contribution in [3.05, 3.63) is 0 Å². The summed E-state index contributed by atoms with van der Waals surface area (Å²) in [6.45, 7) is 8.15. The molecule has 0 radical (unpaired) electrons. The number of hydrogen-bond acceptors (Lipinski definition) is 2. The first-order valence-corrected chi connectivity index (χ1v) is 6.03. The lowest BCUT2D eigenvalue weighted by Gasteiger charge is -2.29. The largest absolute Gasteiger partial charge is 0.313 e. The molecule has 0 saturated carbocycles. The van der Waals surface area contributed by atoms with Crippen LogP contribution in [0.1, 0.15) is 40.0 Å². The predicted octanol–water partition coefficient (Wildman–Crippen LogP) is 2.66. The molecular weight excluding hydrogens is 166 g/mol. The molecule has 2 atom stereocenters. The highest BCUT2D eigenvalue weighted by Crippen LogP contribution is 2.23. The molecule has 1 N–H and O–H groups in total. The topological polar surface area (TPSA) is 12.0 Å². The van der Waals surface area contributed by atoms with Crippen molar-refractivity contribution in [2.75, 3.05) is 6.54 Å². The molecular formula is C10H21NS. The van der Waals surface area contributed by atoms with Gasteiger partial charge in [-0.05, 0) is 24.6 Å². The lowest BCUT2D eigenvalue weighted by atomic mass is 10.0. The van der Waals surface area contributed by atoms with Gasteiger partial charge in [-0.25, -0.2) is 0 Å². The number of thioether (sulfide) groups is 1. The summed E-state index contributed by atoms with van der Waals surface area (Å²) in [6.07, 6.45) is 4.16. The molecule has 0 aromatic heterocycles. The van der Waals surface area contributed by atoms with Crippen molar-refractivity contribution in [2.45, 2.75) is 56.6 Å². The van der Waals surface area contributed by atoms with Crippen molar-refractivity contribution in [2.24, 2.45) is 0 Å². The Hall–Kier alpha value is 0.310. The number of piperidine rings is 1. The Bertz CT molecular complexity index is 119. The molecule has 12 heavy (non-hydrogen) atoms. The van der Waals surface area contributed by atoms with Gasteiger partial charge in [0.15, 0.2) is 0 Å². The standard InChI is InChI=1S/C10H21NS/c1-8(2)12-9(3)10-6-4-5-7-11-10/h8-11H,4-7H2,1-3H3. The lowest BCUT2D eigenvalue weighted by Crippen LogP contribution is -2.40. The molecule has 1 heterocycles. The molecule has 1 fully saturated rings. The summed E-state index contributed by atoms with van der Waals surface area (Å²) in [5.41, 5.74) is 0. The highest BCUT2D eigenvalue weighted by molar-refractivity contribution is 8.00. The minimum absolute atomic E-state index is 0.767. The van der Waals surface area contributed by atoms with Gasteiger partial charge in [0, 0.05) is 11.3 Å². The van der Waals surface area contributed by atoms with Crippen LogP contribution >= 0.6 is 11.8 Å². The average molecular weight is 187 g/mol. The Kier molecular flexibility index (Phi) is 4.44. The predicted molar refractivity (Wildman–Crippen MR) is 57.8 cm³/mol. The second kappa shape index (κ2) is 5.13. The summed E-state index contributed by atoms with van der Waals surface area (Å²) in [5.74, 6) is 0. The summed E-state index contributed by atoms with van der Waals surface area (Å²) < 4.78 is 0. The number of hydrogen-bond donors (Lipinski definition) is 1. The van der Waals surface area contributed by atoms with E-state index in [1.165, 1.54) is 25.8 Å². The van der Waals surface area contributed by atoms with E-state index in [-0.39, 0.29) is 0 Å². The van der Waals surface area contributed by atoms with Gasteiger partial charge in [-0.2, -0.15) is 11.8 Å². The quantitative estimate of drug-likeness (QED) is 0.729. The smallest absolute Gasteiger partial charge is 0.0183 e. The van der Waals surface area contributed by atoms with Crippen LogP contribution in [0.5, 0.6) is 0 Å². The van der Waals surface area contributed by atoms with Crippen LogP contribution in [0.3, 0.4) is 0 Å². The minimum Gasteiger partial charge on any atom is -0.313 e. The highest BCUT2D eigenvalue weighted by Gasteiger charge is 2.20. The average Bonchev–Trinajstić information content (AvgIpc) is 2.05. The van der Waals surface area contributed by atoms with Crippen molar-refractivity contribution in [1.82, 2.24) is 5.32 Å². The summed E-state index contributed by atoms with van der Waals surface area (Å²) in [6, 6.07) is 0.770. The van der Waals surface area contributed by atoms with Crippen LogP contribution < -0.4 is 5.32 Å². The van der Waals surface area contributed by atoms with Crippen molar-refractivity contribution in [3.8, 4) is 0 Å². The monoisotopic (exact) mass is 187 g/mol. The molecule has 0 spiro atoms. The molecule has 1 aliphatic heterocycles. The van der Waals surface area contributed by atoms with Gasteiger partial charge in [0.25, 0.3) is 0 Å². The first-order valence-electron chi connectivity index (χ1n) is 5.09. The van der Waals surface area contributed by atoms with Crippen LogP contribution in [0.25, 0.3) is 0 Å². The third-order valence-electron chi connectivity index (χ3n) is 2.40. The second-order valence-electron chi connectivity index (χ2n) is 3.95. The van der Waals surface area contributed by atoms with Gasteiger partial charge in [0.1, 0.15) is 0 Å². The summed E-state index contributed by atoms with van der Waals surface area (Å²) in [7, 11) is 0. The first-order chi connectivity index (χ1) is 5.70. The summed E-state index contributed by atoms with van der Waals surface area (Å²) in [5, 5.41) is 5.15. The van der Waals surface area contributed by atoms with E-state index in [1.807, 2.05) is 0 Å². The molecule has 2 heteroatoms. The second-order valence-corrected chi connectivity index (χ2v) is 5.90. The summed E-state index contributed by atoms with van der Waals surface area (Å²) >= 11 is 2.10. The molecule has 1 saturated heterocycles. The zero-order valence-corrected chi connectivity index (χ0v) is 9.29. The van der Waals surface area contributed by atoms with Crippen LogP contribution in [-0.4, -0.2) is 23.1 Å². The van der Waals surface area contributed by atoms with E-state index in [1.54, 1.807) is 0 Å². The zero-order valence-electron chi connectivity index (χ0n) is 8.47. The van der Waals surface area contributed by atoms with Gasteiger partial charge in [0.2, 0.25) is 0 Å². The van der Waals surface area contributed by atoms with Crippen LogP contribution in [0.15, 0.2) is 0 Å². The fourth-order valence-corrected chi connectivity index (χ4v) is 3.08. The van der Waals surface area contributed by atoms with E-state index >= 15 is 0 Å². The van der Waals surface area contributed by atoms with Crippen molar-refractivity contribution >= 4 is 11.8 Å². The maximum atomic E-state index is 3.60. The Labute approximate surface area is 80.7 Å². The highest BCUT2D eigenvalue weighted by atomic mass is 32.2. The first kappa shape index (κ1) is 10.4. The minimum atomic E-state index is 0.767. The molecule has 0 aliphatic carbocycles. The molecule has 0 bridgehead atoms. The Morgan fingerprint density at radius 2 is 2.00 bits per heavy atom. The van der Waals surface area contributed by atoms with Gasteiger partial charge in [0.05, 0.1) is 0 Å². The maximum Gasteiger partial charge on any atom is 0.0183 e. The van der Waals surface area contributed by atoms with Gasteiger partial charge in [-0.3, -0.25) is 0 Å². The third kappa shape index (κ3) is 3.36. The normalized spacial score (nSPS) is 27.5. The fourth-order valence-electron chi connectivity index (χ4n) is 1.80. The van der Waals surface area contributed by atoms with Gasteiger partial charge in [-0.15, -0.1) is 0 Å². The van der Waals surface area contributed by atoms with Crippen LogP contribution in [0.4, 0.5) is 0 Å². The SMILES string of the molecule is CC(C)SC(C)C1CCCCN1. The van der Waals surface area contributed by atoms with Crippen LogP contribution in [-0.2, 0) is 0 Å². The maximum absolute atomic E-state index is 3.60. The Morgan fingerprint density at radius 3 is 2.50 bits per heavy atom. The van der Waals surface area contributed by atoms with E-state index in [9.17, 15) is 0 Å². The molecule has 1 nitrogen and oxygen atoms in total. The van der Waals surface area contributed by atoms with Gasteiger partial charge in [-0.1, -0.05) is 27.2 Å². The third-order valence-corrected chi connectivity index (χ3v) is 3.70. The van der Waals surface area contributed by atoms with Crippen LogP contribution in [0.2, 0.25) is 0 Å². The Morgan fingerprint density at radius 1 is 1.25 bits per heavy atom. The fraction of sp³-hybridized carbons (Fsp3) is 1.00. The summed E-state index contributed by atoms with van der Waals surface area (Å²) in [4.78, 5) is 0. The van der Waals surface area contributed by atoms with E-state index in [0.29, 0.717) is 0 Å². The molecule has 1 rings (SSSR count). The van der Waals surface area contributed by atoms with Crippen molar-refractivity contribution in [3.63, 3.8) is 0 Å². The van der Waals surface area contributed by atoms with E-state index in [4.69, 9.17) is 0 Å². The number of nitrogens with one attached hydrogen (secondary N) is 1. The van der Waals surface area contributed by atoms with Gasteiger partial charge >= 0.3 is 0 Å². The molecule has 0 aromatic rings. The molecule has 0 aromatic carbocycles. The molecule has 1 aliphatic rings. The van der Waals surface area contributed by atoms with Crippen molar-refractivity contribution < 1.29 is 0 Å². The zero-order chi connectivity index (χ0) is 8.97. The molecule has 2 unspecified atom stereocenters. The Balaban J connectivity index is 2.24. The molecule has 0 amide bonds. The van der Waals surface area contributed by atoms with Crippen molar-refractivity contribution in [1.29, 1.82) is 0 Å². The van der Waals surface area contributed by atoms with E-state index in [0.717, 1.165) is 16.5 Å². The van der Waals surface area contributed by atoms with Gasteiger partial charge < -0.3 is 5.32 Å².